The van der Waals surface area contributed by atoms with Crippen LogP contribution < -0.4 is 4.72 Å². The second-order valence-electron chi connectivity index (χ2n) is 4.31. The summed E-state index contributed by atoms with van der Waals surface area (Å²) in [5.74, 6) is 0.671. The fraction of sp³-hybridized carbons (Fsp3) is 0.700. The number of sulfonamides is 1. The number of ether oxygens (including phenoxy) is 1. The van der Waals surface area contributed by atoms with Crippen LogP contribution in [0.4, 0.5) is 5.69 Å². The van der Waals surface area contributed by atoms with E-state index in [4.69, 9.17) is 4.74 Å². The molecule has 1 fully saturated rings. The van der Waals surface area contributed by atoms with E-state index in [1.165, 1.54) is 26.1 Å². The molecular formula is C10H17N3O3S. The Kier molecular flexibility index (Phi) is 3.68. The van der Waals surface area contributed by atoms with Gasteiger partial charge >= 0.3 is 0 Å². The highest BCUT2D eigenvalue weighted by molar-refractivity contribution is 7.92. The minimum absolute atomic E-state index is 0.0443. The van der Waals surface area contributed by atoms with Crippen LogP contribution in [0, 0.1) is 5.92 Å². The van der Waals surface area contributed by atoms with Crippen LogP contribution >= 0.6 is 0 Å². The number of nitrogens with zero attached hydrogens (tertiary/aromatic N) is 2. The zero-order chi connectivity index (χ0) is 12.3. The maximum Gasteiger partial charge on any atom is 0.235 e. The van der Waals surface area contributed by atoms with E-state index >= 15 is 0 Å². The van der Waals surface area contributed by atoms with Crippen molar-refractivity contribution >= 4 is 15.7 Å². The minimum Gasteiger partial charge on any atom is -0.384 e. The predicted molar refractivity (Wildman–Crippen MR) is 64.2 cm³/mol. The third-order valence-corrected chi connectivity index (χ3v) is 3.86. The van der Waals surface area contributed by atoms with Crippen molar-refractivity contribution in [1.29, 1.82) is 0 Å². The number of nitrogens with one attached hydrogen (secondary N) is 1. The van der Waals surface area contributed by atoms with Crippen LogP contribution in [0.3, 0.4) is 0 Å². The third-order valence-electron chi connectivity index (χ3n) is 2.60. The zero-order valence-electron chi connectivity index (χ0n) is 9.80. The Labute approximate surface area is 101 Å². The summed E-state index contributed by atoms with van der Waals surface area (Å²) in [7, 11) is -1.85. The SMILES string of the molecule is COCCS(=O)(=O)Nc1cnn(CC2CC2)c1. The number of methoxy groups -OCH3 is 1. The summed E-state index contributed by atoms with van der Waals surface area (Å²) in [6.07, 6.45) is 5.75. The van der Waals surface area contributed by atoms with E-state index in [2.05, 4.69) is 9.82 Å². The first-order chi connectivity index (χ1) is 8.09. The zero-order valence-corrected chi connectivity index (χ0v) is 10.6. The summed E-state index contributed by atoms with van der Waals surface area (Å²) >= 11 is 0. The molecule has 1 saturated carbocycles. The van der Waals surface area contributed by atoms with E-state index in [-0.39, 0.29) is 12.4 Å². The molecular weight excluding hydrogens is 242 g/mol. The summed E-state index contributed by atoms with van der Waals surface area (Å²) in [6.45, 7) is 1.06. The van der Waals surface area contributed by atoms with E-state index in [1.54, 1.807) is 10.9 Å². The summed E-state index contributed by atoms with van der Waals surface area (Å²) in [6, 6.07) is 0. The number of anilines is 1. The summed E-state index contributed by atoms with van der Waals surface area (Å²) in [4.78, 5) is 0. The number of aromatic nitrogens is 2. The molecule has 0 bridgehead atoms. The Morgan fingerprint density at radius 1 is 1.59 bits per heavy atom. The van der Waals surface area contributed by atoms with Crippen LogP contribution in [0.1, 0.15) is 12.8 Å². The number of hydrogen-bond acceptors (Lipinski definition) is 4. The van der Waals surface area contributed by atoms with Gasteiger partial charge in [0.2, 0.25) is 10.0 Å². The van der Waals surface area contributed by atoms with Gasteiger partial charge in [-0.3, -0.25) is 9.40 Å². The van der Waals surface area contributed by atoms with Gasteiger partial charge in [-0.05, 0) is 18.8 Å². The Hall–Kier alpha value is -1.08. The fourth-order valence-electron chi connectivity index (χ4n) is 1.50. The van der Waals surface area contributed by atoms with Gasteiger partial charge in [-0.25, -0.2) is 8.42 Å². The molecule has 1 aliphatic carbocycles. The van der Waals surface area contributed by atoms with Crippen molar-refractivity contribution in [2.75, 3.05) is 24.2 Å². The van der Waals surface area contributed by atoms with E-state index in [9.17, 15) is 8.42 Å². The second kappa shape index (κ2) is 5.05. The molecule has 1 aromatic heterocycles. The Bertz CT molecular complexity index is 465. The molecule has 1 aliphatic rings. The highest BCUT2D eigenvalue weighted by Crippen LogP contribution is 2.30. The third kappa shape index (κ3) is 4.01. The smallest absolute Gasteiger partial charge is 0.235 e. The molecule has 0 saturated heterocycles. The Morgan fingerprint density at radius 2 is 2.35 bits per heavy atom. The highest BCUT2D eigenvalue weighted by Gasteiger charge is 2.22. The molecule has 0 amide bonds. The molecule has 1 aromatic rings. The average Bonchev–Trinajstić information content (AvgIpc) is 2.96. The van der Waals surface area contributed by atoms with Gasteiger partial charge in [0.25, 0.3) is 0 Å². The largest absolute Gasteiger partial charge is 0.384 e. The van der Waals surface area contributed by atoms with Gasteiger partial charge in [-0.1, -0.05) is 0 Å². The van der Waals surface area contributed by atoms with Crippen molar-refractivity contribution < 1.29 is 13.2 Å². The maximum absolute atomic E-state index is 11.6. The predicted octanol–water partition coefficient (Wildman–Crippen LogP) is 0.681. The van der Waals surface area contributed by atoms with Crippen molar-refractivity contribution in [3.63, 3.8) is 0 Å². The molecule has 1 N–H and O–H groups in total. The maximum atomic E-state index is 11.6. The van der Waals surface area contributed by atoms with Gasteiger partial charge in [-0.2, -0.15) is 5.10 Å². The van der Waals surface area contributed by atoms with Crippen LogP contribution in [0.25, 0.3) is 0 Å². The summed E-state index contributed by atoms with van der Waals surface area (Å²) in [5.41, 5.74) is 0.516. The lowest BCUT2D eigenvalue weighted by Gasteiger charge is -2.04. The number of rotatable bonds is 7. The standard InChI is InChI=1S/C10H17N3O3S/c1-16-4-5-17(14,15)12-10-6-11-13(8-10)7-9-2-3-9/h6,8-9,12H,2-5,7H2,1H3. The Balaban J connectivity index is 1.90. The first kappa shape index (κ1) is 12.4. The van der Waals surface area contributed by atoms with Gasteiger partial charge < -0.3 is 4.74 Å². The van der Waals surface area contributed by atoms with Crippen LogP contribution in [0.2, 0.25) is 0 Å². The van der Waals surface area contributed by atoms with Gasteiger partial charge in [-0.15, -0.1) is 0 Å². The second-order valence-corrected chi connectivity index (χ2v) is 6.15. The average molecular weight is 259 g/mol. The molecule has 96 valence electrons. The quantitative estimate of drug-likeness (QED) is 0.781. The topological polar surface area (TPSA) is 73.2 Å². The van der Waals surface area contributed by atoms with Crippen LogP contribution in [0.15, 0.2) is 12.4 Å². The molecule has 7 heteroatoms. The van der Waals surface area contributed by atoms with Crippen molar-refractivity contribution in [3.05, 3.63) is 12.4 Å². The van der Waals surface area contributed by atoms with E-state index < -0.39 is 10.0 Å². The lowest BCUT2D eigenvalue weighted by molar-refractivity contribution is 0.217. The van der Waals surface area contributed by atoms with Crippen molar-refractivity contribution in [2.24, 2.45) is 5.92 Å². The van der Waals surface area contributed by atoms with E-state index in [0.29, 0.717) is 11.6 Å². The lowest BCUT2D eigenvalue weighted by atomic mass is 10.4. The molecule has 17 heavy (non-hydrogen) atoms. The molecule has 0 unspecified atom stereocenters. The Morgan fingerprint density at radius 3 is 3.00 bits per heavy atom. The molecule has 0 spiro atoms. The highest BCUT2D eigenvalue weighted by atomic mass is 32.2. The molecule has 6 nitrogen and oxygen atoms in total. The number of hydrogen-bond donors (Lipinski definition) is 1. The van der Waals surface area contributed by atoms with Crippen LogP contribution in [0.5, 0.6) is 0 Å². The van der Waals surface area contributed by atoms with E-state index in [1.807, 2.05) is 0 Å². The molecule has 0 atom stereocenters. The first-order valence-corrected chi connectivity index (χ1v) is 7.26. The van der Waals surface area contributed by atoms with Crippen molar-refractivity contribution in [1.82, 2.24) is 9.78 Å². The lowest BCUT2D eigenvalue weighted by Crippen LogP contribution is -2.19. The molecule has 0 radical (unpaired) electrons. The summed E-state index contributed by atoms with van der Waals surface area (Å²) in [5, 5.41) is 4.12. The van der Waals surface area contributed by atoms with Crippen LogP contribution in [-0.2, 0) is 21.3 Å². The normalized spacial score (nSPS) is 16.1. The fourth-order valence-corrected chi connectivity index (χ4v) is 2.46. The summed E-state index contributed by atoms with van der Waals surface area (Å²) < 4.78 is 32.2. The molecule has 0 aliphatic heterocycles. The molecule has 0 aromatic carbocycles. The van der Waals surface area contributed by atoms with Crippen LogP contribution in [-0.4, -0.2) is 37.7 Å². The van der Waals surface area contributed by atoms with E-state index in [0.717, 1.165) is 6.54 Å². The van der Waals surface area contributed by atoms with Crippen molar-refractivity contribution in [3.8, 4) is 0 Å². The first-order valence-electron chi connectivity index (χ1n) is 5.61. The van der Waals surface area contributed by atoms with Crippen molar-refractivity contribution in [2.45, 2.75) is 19.4 Å². The van der Waals surface area contributed by atoms with Gasteiger partial charge in [0.1, 0.15) is 0 Å². The minimum atomic E-state index is -3.32. The molecule has 2 rings (SSSR count). The van der Waals surface area contributed by atoms with Gasteiger partial charge in [0.05, 0.1) is 24.2 Å². The van der Waals surface area contributed by atoms with Gasteiger partial charge in [0, 0.05) is 19.9 Å². The molecule has 1 heterocycles. The monoisotopic (exact) mass is 259 g/mol. The van der Waals surface area contributed by atoms with Gasteiger partial charge in [0.15, 0.2) is 0 Å².